The highest BCUT2D eigenvalue weighted by Crippen LogP contribution is 2.33. The van der Waals surface area contributed by atoms with Crippen molar-refractivity contribution in [1.29, 1.82) is 0 Å². The average molecular weight is 438 g/mol. The van der Waals surface area contributed by atoms with E-state index in [9.17, 15) is 13.2 Å². The van der Waals surface area contributed by atoms with Gasteiger partial charge in [-0.1, -0.05) is 90.5 Å². The molecule has 0 nitrogen and oxygen atoms in total. The highest BCUT2D eigenvalue weighted by molar-refractivity contribution is 5.91. The summed E-state index contributed by atoms with van der Waals surface area (Å²) in [4.78, 5) is 0. The van der Waals surface area contributed by atoms with E-state index in [0.29, 0.717) is 0 Å². The number of alkyl halides is 3. The Bertz CT molecular complexity index is 1410. The smallest absolute Gasteiger partial charge is 0.166 e. The van der Waals surface area contributed by atoms with Gasteiger partial charge in [-0.15, -0.1) is 0 Å². The summed E-state index contributed by atoms with van der Waals surface area (Å²) in [7, 11) is 0. The molecule has 0 aliphatic carbocycles. The zero-order valence-corrected chi connectivity index (χ0v) is 18.0. The first-order chi connectivity index (χ1) is 15.9. The van der Waals surface area contributed by atoms with Crippen LogP contribution in [0.15, 0.2) is 109 Å². The Morgan fingerprint density at radius 1 is 0.424 bits per heavy atom. The molecule has 3 heteroatoms. The Morgan fingerprint density at radius 2 is 0.788 bits per heavy atom. The van der Waals surface area contributed by atoms with Crippen LogP contribution in [0.1, 0.15) is 11.1 Å². The lowest BCUT2D eigenvalue weighted by molar-refractivity contribution is -0.137. The van der Waals surface area contributed by atoms with Gasteiger partial charge in [0.2, 0.25) is 0 Å². The molecule has 5 rings (SSSR count). The molecule has 0 atom stereocenters. The Morgan fingerprint density at radius 3 is 1.24 bits per heavy atom. The summed E-state index contributed by atoms with van der Waals surface area (Å²) in [5.41, 5.74) is 6.78. The molecule has 5 aromatic rings. The van der Waals surface area contributed by atoms with E-state index in [1.165, 1.54) is 34.2 Å². The predicted octanol–water partition coefficient (Wildman–Crippen LogP) is 9.17. The molecule has 0 aliphatic heterocycles. The minimum absolute atomic E-state index is 0.635. The number of aryl methyl sites for hydroxylation is 1. The fourth-order valence-electron chi connectivity index (χ4n) is 4.06. The SMILES string of the molecule is Cc1ccc(-c2ccc3ccc(-c4ccc(-c5ccc(C(F)(F)F)cc5)cc4)cc3c2)cc1. The average Bonchev–Trinajstić information content (AvgIpc) is 2.83. The van der Waals surface area contributed by atoms with Crippen molar-refractivity contribution in [2.75, 3.05) is 0 Å². The normalized spacial score (nSPS) is 11.6. The van der Waals surface area contributed by atoms with Crippen LogP contribution >= 0.6 is 0 Å². The molecule has 0 aromatic heterocycles. The van der Waals surface area contributed by atoms with Gasteiger partial charge in [0.05, 0.1) is 5.56 Å². The second kappa shape index (κ2) is 8.25. The van der Waals surface area contributed by atoms with Crippen molar-refractivity contribution in [3.63, 3.8) is 0 Å². The summed E-state index contributed by atoms with van der Waals surface area (Å²) in [5.74, 6) is 0. The molecule has 0 amide bonds. The van der Waals surface area contributed by atoms with E-state index in [0.717, 1.165) is 39.8 Å². The third kappa shape index (κ3) is 4.40. The number of hydrogen-bond acceptors (Lipinski definition) is 0. The minimum atomic E-state index is -4.32. The first-order valence-electron chi connectivity index (χ1n) is 10.8. The zero-order valence-electron chi connectivity index (χ0n) is 18.0. The van der Waals surface area contributed by atoms with Gasteiger partial charge in [0.1, 0.15) is 0 Å². The maximum Gasteiger partial charge on any atom is 0.416 e. The highest BCUT2D eigenvalue weighted by Gasteiger charge is 2.29. The third-order valence-electron chi connectivity index (χ3n) is 5.99. The Labute approximate surface area is 191 Å². The van der Waals surface area contributed by atoms with Crippen LogP contribution in [0.2, 0.25) is 0 Å². The summed E-state index contributed by atoms with van der Waals surface area (Å²) in [6.07, 6.45) is -4.32. The van der Waals surface area contributed by atoms with Crippen molar-refractivity contribution in [3.8, 4) is 33.4 Å². The maximum atomic E-state index is 12.8. The van der Waals surface area contributed by atoms with Crippen molar-refractivity contribution in [1.82, 2.24) is 0 Å². The molecule has 0 saturated carbocycles. The summed E-state index contributed by atoms with van der Waals surface area (Å²) in [6.45, 7) is 2.08. The predicted molar refractivity (Wildman–Crippen MR) is 130 cm³/mol. The van der Waals surface area contributed by atoms with Crippen LogP contribution in [-0.2, 0) is 6.18 Å². The molecular weight excluding hydrogens is 417 g/mol. The van der Waals surface area contributed by atoms with E-state index < -0.39 is 11.7 Å². The molecule has 162 valence electrons. The van der Waals surface area contributed by atoms with Crippen LogP contribution in [0.3, 0.4) is 0 Å². The van der Waals surface area contributed by atoms with Crippen molar-refractivity contribution in [2.24, 2.45) is 0 Å². The summed E-state index contributed by atoms with van der Waals surface area (Å²) >= 11 is 0. The minimum Gasteiger partial charge on any atom is -0.166 e. The lowest BCUT2D eigenvalue weighted by Gasteiger charge is -2.10. The molecule has 33 heavy (non-hydrogen) atoms. The van der Waals surface area contributed by atoms with Gasteiger partial charge in [-0.3, -0.25) is 0 Å². The van der Waals surface area contributed by atoms with Gasteiger partial charge in [0.15, 0.2) is 0 Å². The van der Waals surface area contributed by atoms with Crippen LogP contribution in [0, 0.1) is 6.92 Å². The van der Waals surface area contributed by atoms with E-state index in [2.05, 4.69) is 67.6 Å². The van der Waals surface area contributed by atoms with Crippen LogP contribution in [0.25, 0.3) is 44.2 Å². The molecule has 0 saturated heterocycles. The van der Waals surface area contributed by atoms with Crippen molar-refractivity contribution >= 4 is 10.8 Å². The van der Waals surface area contributed by atoms with E-state index >= 15 is 0 Å². The van der Waals surface area contributed by atoms with Gasteiger partial charge in [-0.25, -0.2) is 0 Å². The number of fused-ring (bicyclic) bond motifs is 1. The molecule has 0 unspecified atom stereocenters. The Kier molecular flexibility index (Phi) is 5.26. The molecule has 0 N–H and O–H groups in total. The van der Waals surface area contributed by atoms with Crippen molar-refractivity contribution < 1.29 is 13.2 Å². The first kappa shape index (κ1) is 21.0. The fraction of sp³-hybridized carbons (Fsp3) is 0.0667. The van der Waals surface area contributed by atoms with E-state index in [-0.39, 0.29) is 0 Å². The van der Waals surface area contributed by atoms with Gasteiger partial charge in [-0.2, -0.15) is 13.2 Å². The van der Waals surface area contributed by atoms with Crippen molar-refractivity contribution in [2.45, 2.75) is 13.1 Å². The summed E-state index contributed by atoms with van der Waals surface area (Å²) < 4.78 is 38.4. The second-order valence-corrected chi connectivity index (χ2v) is 8.30. The fourth-order valence-corrected chi connectivity index (χ4v) is 4.06. The van der Waals surface area contributed by atoms with Gasteiger partial charge in [-0.05, 0) is 75.3 Å². The molecule has 5 aromatic carbocycles. The van der Waals surface area contributed by atoms with Crippen LogP contribution in [0.5, 0.6) is 0 Å². The molecule has 0 spiro atoms. The van der Waals surface area contributed by atoms with Gasteiger partial charge >= 0.3 is 6.18 Å². The number of benzene rings is 5. The van der Waals surface area contributed by atoms with Crippen LogP contribution in [-0.4, -0.2) is 0 Å². The van der Waals surface area contributed by atoms with E-state index in [4.69, 9.17) is 0 Å². The first-order valence-corrected chi connectivity index (χ1v) is 10.8. The van der Waals surface area contributed by atoms with Crippen LogP contribution < -0.4 is 0 Å². The molecule has 0 radical (unpaired) electrons. The summed E-state index contributed by atoms with van der Waals surface area (Å²) in [5, 5.41) is 2.34. The van der Waals surface area contributed by atoms with E-state index in [1.807, 2.05) is 24.3 Å². The maximum absolute atomic E-state index is 12.8. The molecular formula is C30H21F3. The van der Waals surface area contributed by atoms with Crippen molar-refractivity contribution in [3.05, 3.63) is 120 Å². The quantitative estimate of drug-likeness (QED) is 0.263. The largest absolute Gasteiger partial charge is 0.416 e. The Balaban J connectivity index is 1.44. The van der Waals surface area contributed by atoms with Gasteiger partial charge < -0.3 is 0 Å². The lowest BCUT2D eigenvalue weighted by atomic mass is 9.96. The third-order valence-corrected chi connectivity index (χ3v) is 5.99. The zero-order chi connectivity index (χ0) is 23.0. The monoisotopic (exact) mass is 438 g/mol. The summed E-state index contributed by atoms with van der Waals surface area (Å²) in [6, 6.07) is 34.6. The molecule has 0 heterocycles. The van der Waals surface area contributed by atoms with Gasteiger partial charge in [0.25, 0.3) is 0 Å². The number of rotatable bonds is 3. The molecule has 0 aliphatic rings. The standard InChI is InChI=1S/C30H21F3/c1-20-2-4-23(5-3-20)26-12-10-25-11-13-27(19-28(25)18-26)24-8-6-21(7-9-24)22-14-16-29(17-15-22)30(31,32)33/h2-19H,1H3. The van der Waals surface area contributed by atoms with Crippen LogP contribution in [0.4, 0.5) is 13.2 Å². The lowest BCUT2D eigenvalue weighted by Crippen LogP contribution is -2.03. The second-order valence-electron chi connectivity index (χ2n) is 8.30. The molecule has 0 fully saturated rings. The molecule has 0 bridgehead atoms. The number of halogens is 3. The van der Waals surface area contributed by atoms with Gasteiger partial charge in [0, 0.05) is 0 Å². The Hall–Kier alpha value is -3.85. The topological polar surface area (TPSA) is 0 Å². The van der Waals surface area contributed by atoms with E-state index in [1.54, 1.807) is 0 Å². The number of hydrogen-bond donors (Lipinski definition) is 0. The highest BCUT2D eigenvalue weighted by atomic mass is 19.4.